The Morgan fingerprint density at radius 1 is 1.53 bits per heavy atom. The van der Waals surface area contributed by atoms with Crippen molar-refractivity contribution in [2.45, 2.75) is 39.2 Å². The summed E-state index contributed by atoms with van der Waals surface area (Å²) in [5.74, 6) is 1.21. The third kappa shape index (κ3) is 4.65. The van der Waals surface area contributed by atoms with Crippen molar-refractivity contribution in [1.29, 1.82) is 0 Å². The van der Waals surface area contributed by atoms with Crippen LogP contribution in [0.1, 0.15) is 32.4 Å². The molecule has 0 saturated heterocycles. The van der Waals surface area contributed by atoms with E-state index in [1.165, 1.54) is 0 Å². The molecule has 0 aliphatic rings. The molecule has 15 heavy (non-hydrogen) atoms. The highest BCUT2D eigenvalue weighted by Crippen LogP contribution is 2.13. The van der Waals surface area contributed by atoms with Gasteiger partial charge in [0.05, 0.1) is 0 Å². The summed E-state index contributed by atoms with van der Waals surface area (Å²) >= 11 is 0. The minimum Gasteiger partial charge on any atom is -0.446 e. The van der Waals surface area contributed by atoms with Gasteiger partial charge in [0.2, 0.25) is 5.91 Å². The number of nitrogens with one attached hydrogen (secondary N) is 1. The van der Waals surface area contributed by atoms with Crippen molar-refractivity contribution in [1.82, 2.24) is 0 Å². The Labute approximate surface area is 89.8 Å². The van der Waals surface area contributed by atoms with E-state index in [0.29, 0.717) is 18.7 Å². The Kier molecular flexibility index (Phi) is 3.52. The van der Waals surface area contributed by atoms with Crippen LogP contribution in [0.5, 0.6) is 0 Å². The van der Waals surface area contributed by atoms with Crippen molar-refractivity contribution in [3.8, 4) is 0 Å². The van der Waals surface area contributed by atoms with Gasteiger partial charge in [0.15, 0.2) is 5.88 Å². The molecular formula is C11H18N2O2. The van der Waals surface area contributed by atoms with Gasteiger partial charge in [-0.05, 0) is 33.3 Å². The molecule has 3 N–H and O–H groups in total. The lowest BCUT2D eigenvalue weighted by molar-refractivity contribution is -0.116. The van der Waals surface area contributed by atoms with E-state index in [0.717, 1.165) is 5.76 Å². The largest absolute Gasteiger partial charge is 0.446 e. The van der Waals surface area contributed by atoms with Gasteiger partial charge in [0, 0.05) is 18.0 Å². The second-order valence-electron chi connectivity index (χ2n) is 4.45. The molecule has 0 aliphatic carbocycles. The van der Waals surface area contributed by atoms with Gasteiger partial charge in [-0.25, -0.2) is 0 Å². The van der Waals surface area contributed by atoms with Crippen LogP contribution in [-0.4, -0.2) is 11.4 Å². The first-order valence-electron chi connectivity index (χ1n) is 5.02. The van der Waals surface area contributed by atoms with Crippen LogP contribution < -0.4 is 11.1 Å². The number of hydrogen-bond donors (Lipinski definition) is 2. The molecule has 0 bridgehead atoms. The molecule has 0 unspecified atom stereocenters. The lowest BCUT2D eigenvalue weighted by Crippen LogP contribution is -2.33. The number of carbonyl (C=O) groups is 1. The fourth-order valence-electron chi connectivity index (χ4n) is 1.14. The van der Waals surface area contributed by atoms with E-state index in [4.69, 9.17) is 10.2 Å². The summed E-state index contributed by atoms with van der Waals surface area (Å²) in [5.41, 5.74) is 5.47. The number of rotatable bonds is 4. The summed E-state index contributed by atoms with van der Waals surface area (Å²) in [4.78, 5) is 11.4. The topological polar surface area (TPSA) is 68.3 Å². The zero-order valence-corrected chi connectivity index (χ0v) is 9.46. The number of nitrogens with two attached hydrogens (primary N) is 1. The Balaban J connectivity index is 2.37. The molecule has 0 fully saturated rings. The van der Waals surface area contributed by atoms with Gasteiger partial charge in [-0.3, -0.25) is 10.1 Å². The van der Waals surface area contributed by atoms with Gasteiger partial charge in [0.25, 0.3) is 0 Å². The van der Waals surface area contributed by atoms with Crippen molar-refractivity contribution in [3.63, 3.8) is 0 Å². The van der Waals surface area contributed by atoms with E-state index >= 15 is 0 Å². The standard InChI is InChI=1S/C11H18N2O2/c1-8-4-5-10(15-8)13-9(14)6-7-11(2,3)12/h4-5H,6-7,12H2,1-3H3,(H,13,14). The van der Waals surface area contributed by atoms with Crippen LogP contribution in [0.25, 0.3) is 0 Å². The van der Waals surface area contributed by atoms with Crippen LogP contribution in [0.4, 0.5) is 5.88 Å². The van der Waals surface area contributed by atoms with Gasteiger partial charge in [0.1, 0.15) is 5.76 Å². The summed E-state index contributed by atoms with van der Waals surface area (Å²) < 4.78 is 5.22. The van der Waals surface area contributed by atoms with Gasteiger partial charge in [-0.1, -0.05) is 0 Å². The van der Waals surface area contributed by atoms with Gasteiger partial charge >= 0.3 is 0 Å². The van der Waals surface area contributed by atoms with E-state index in [-0.39, 0.29) is 11.4 Å². The van der Waals surface area contributed by atoms with E-state index in [9.17, 15) is 4.79 Å². The maximum Gasteiger partial charge on any atom is 0.226 e. The van der Waals surface area contributed by atoms with Crippen molar-refractivity contribution >= 4 is 11.8 Å². The molecule has 1 amide bonds. The predicted molar refractivity (Wildman–Crippen MR) is 59.6 cm³/mol. The normalized spacial score (nSPS) is 11.5. The zero-order chi connectivity index (χ0) is 11.5. The fraction of sp³-hybridized carbons (Fsp3) is 0.545. The third-order valence-corrected chi connectivity index (χ3v) is 2.00. The number of aryl methyl sites for hydroxylation is 1. The molecule has 4 nitrogen and oxygen atoms in total. The van der Waals surface area contributed by atoms with Crippen LogP contribution in [0, 0.1) is 6.92 Å². The molecule has 1 rings (SSSR count). The monoisotopic (exact) mass is 210 g/mol. The van der Waals surface area contributed by atoms with Crippen LogP contribution in [0.2, 0.25) is 0 Å². The minimum absolute atomic E-state index is 0.0668. The summed E-state index contributed by atoms with van der Waals surface area (Å²) in [6.45, 7) is 5.63. The fourth-order valence-corrected chi connectivity index (χ4v) is 1.14. The summed E-state index contributed by atoms with van der Waals surface area (Å²) in [6.07, 6.45) is 1.06. The molecule has 1 aromatic heterocycles. The summed E-state index contributed by atoms with van der Waals surface area (Å²) in [6, 6.07) is 3.54. The SMILES string of the molecule is Cc1ccc(NC(=O)CCC(C)(C)N)o1. The average Bonchev–Trinajstić information content (AvgIpc) is 2.47. The number of carbonyl (C=O) groups excluding carboxylic acids is 1. The van der Waals surface area contributed by atoms with E-state index < -0.39 is 0 Å². The van der Waals surface area contributed by atoms with E-state index in [1.54, 1.807) is 6.07 Å². The molecule has 1 heterocycles. The first-order chi connectivity index (χ1) is 6.87. The maximum atomic E-state index is 11.4. The molecule has 0 aliphatic heterocycles. The number of furan rings is 1. The van der Waals surface area contributed by atoms with Crippen molar-refractivity contribution < 1.29 is 9.21 Å². The second-order valence-corrected chi connectivity index (χ2v) is 4.45. The highest BCUT2D eigenvalue weighted by atomic mass is 16.4. The van der Waals surface area contributed by atoms with Crippen LogP contribution in [-0.2, 0) is 4.79 Å². The highest BCUT2D eigenvalue weighted by molar-refractivity contribution is 5.89. The van der Waals surface area contributed by atoms with E-state index in [2.05, 4.69) is 5.32 Å². The first kappa shape index (κ1) is 11.8. The number of hydrogen-bond acceptors (Lipinski definition) is 3. The Morgan fingerprint density at radius 3 is 2.67 bits per heavy atom. The van der Waals surface area contributed by atoms with Crippen LogP contribution >= 0.6 is 0 Å². The van der Waals surface area contributed by atoms with Crippen molar-refractivity contribution in [2.24, 2.45) is 5.73 Å². The van der Waals surface area contributed by atoms with Crippen LogP contribution in [0.15, 0.2) is 16.5 Å². The highest BCUT2D eigenvalue weighted by Gasteiger charge is 2.13. The molecule has 0 aromatic carbocycles. The molecule has 1 aromatic rings. The molecule has 0 atom stereocenters. The molecule has 0 spiro atoms. The van der Waals surface area contributed by atoms with Gasteiger partial charge in [-0.15, -0.1) is 0 Å². The average molecular weight is 210 g/mol. The smallest absolute Gasteiger partial charge is 0.226 e. The quantitative estimate of drug-likeness (QED) is 0.799. The van der Waals surface area contributed by atoms with Crippen molar-refractivity contribution in [2.75, 3.05) is 5.32 Å². The summed E-state index contributed by atoms with van der Waals surface area (Å²) in [7, 11) is 0. The first-order valence-corrected chi connectivity index (χ1v) is 5.02. The number of anilines is 1. The molecule has 0 radical (unpaired) electrons. The lowest BCUT2D eigenvalue weighted by Gasteiger charge is -2.17. The third-order valence-electron chi connectivity index (χ3n) is 2.00. The minimum atomic E-state index is -0.309. The Morgan fingerprint density at radius 2 is 2.20 bits per heavy atom. The lowest BCUT2D eigenvalue weighted by atomic mass is 10.00. The zero-order valence-electron chi connectivity index (χ0n) is 9.46. The number of amides is 1. The van der Waals surface area contributed by atoms with Gasteiger partial charge < -0.3 is 10.2 Å². The molecule has 84 valence electrons. The molecular weight excluding hydrogens is 192 g/mol. The van der Waals surface area contributed by atoms with E-state index in [1.807, 2.05) is 26.8 Å². The van der Waals surface area contributed by atoms with Gasteiger partial charge in [-0.2, -0.15) is 0 Å². The van der Waals surface area contributed by atoms with Crippen molar-refractivity contribution in [3.05, 3.63) is 17.9 Å². The Hall–Kier alpha value is -1.29. The van der Waals surface area contributed by atoms with Crippen LogP contribution in [0.3, 0.4) is 0 Å². The summed E-state index contributed by atoms with van der Waals surface area (Å²) in [5, 5.41) is 2.67. The second kappa shape index (κ2) is 4.49. The Bertz CT molecular complexity index is 337. The predicted octanol–water partition coefficient (Wildman–Crippen LogP) is 2.04. The molecule has 0 saturated carbocycles. The maximum absolute atomic E-state index is 11.4. The molecule has 4 heteroatoms.